The minimum atomic E-state index is -0.262. The van der Waals surface area contributed by atoms with Crippen LogP contribution in [0.1, 0.15) is 38.2 Å². The maximum Gasteiger partial charge on any atom is 0.414 e. The lowest BCUT2D eigenvalue weighted by atomic mass is 10.0. The third kappa shape index (κ3) is 3.07. The second-order valence-corrected chi connectivity index (χ2v) is 5.25. The molecule has 0 bridgehead atoms. The summed E-state index contributed by atoms with van der Waals surface area (Å²) in [6.45, 7) is 5.38. The van der Waals surface area contributed by atoms with E-state index in [2.05, 4.69) is 26.0 Å². The number of hydrogen-bond donors (Lipinski definition) is 1. The van der Waals surface area contributed by atoms with E-state index in [1.54, 1.807) is 4.90 Å². The Morgan fingerprint density at radius 2 is 2.05 bits per heavy atom. The summed E-state index contributed by atoms with van der Waals surface area (Å²) >= 11 is 0. The Labute approximate surface area is 114 Å². The van der Waals surface area contributed by atoms with Gasteiger partial charge >= 0.3 is 6.09 Å². The van der Waals surface area contributed by atoms with Gasteiger partial charge in [0.15, 0.2) is 0 Å². The third-order valence-corrected chi connectivity index (χ3v) is 3.58. The Bertz CT molecular complexity index is 426. The van der Waals surface area contributed by atoms with Crippen LogP contribution in [-0.4, -0.2) is 25.3 Å². The van der Waals surface area contributed by atoms with Gasteiger partial charge in [-0.25, -0.2) is 4.79 Å². The molecular weight excluding hydrogens is 240 g/mol. The Morgan fingerprint density at radius 3 is 2.63 bits per heavy atom. The van der Waals surface area contributed by atoms with Crippen molar-refractivity contribution in [3.05, 3.63) is 29.8 Å². The molecule has 1 aromatic carbocycles. The van der Waals surface area contributed by atoms with Crippen LogP contribution in [0.15, 0.2) is 24.3 Å². The van der Waals surface area contributed by atoms with Gasteiger partial charge in [0.2, 0.25) is 0 Å². The van der Waals surface area contributed by atoms with Crippen LogP contribution in [-0.2, 0) is 4.74 Å². The van der Waals surface area contributed by atoms with E-state index in [9.17, 15) is 4.79 Å². The molecule has 104 valence electrons. The molecular formula is C15H22N2O2. The molecule has 0 aliphatic carbocycles. The summed E-state index contributed by atoms with van der Waals surface area (Å²) < 4.78 is 5.15. The summed E-state index contributed by atoms with van der Waals surface area (Å²) in [5.74, 6) is 0.488. The van der Waals surface area contributed by atoms with Gasteiger partial charge in [0.1, 0.15) is 0 Å². The average Bonchev–Trinajstić information content (AvgIpc) is 2.39. The average molecular weight is 262 g/mol. The van der Waals surface area contributed by atoms with Crippen molar-refractivity contribution in [3.8, 4) is 0 Å². The minimum absolute atomic E-state index is 0.149. The first-order valence-corrected chi connectivity index (χ1v) is 6.89. The smallest absolute Gasteiger partial charge is 0.414 e. The first-order valence-electron chi connectivity index (χ1n) is 6.89. The van der Waals surface area contributed by atoms with E-state index in [1.165, 1.54) is 5.56 Å². The Morgan fingerprint density at radius 1 is 1.37 bits per heavy atom. The number of carbonyl (C=O) groups is 1. The summed E-state index contributed by atoms with van der Waals surface area (Å²) in [4.78, 5) is 13.7. The Hall–Kier alpha value is -1.55. The predicted molar refractivity (Wildman–Crippen MR) is 76.4 cm³/mol. The molecule has 1 unspecified atom stereocenters. The molecule has 1 aliphatic rings. The van der Waals surface area contributed by atoms with Crippen molar-refractivity contribution in [1.82, 2.24) is 0 Å². The van der Waals surface area contributed by atoms with Crippen LogP contribution >= 0.6 is 0 Å². The van der Waals surface area contributed by atoms with Gasteiger partial charge in [0.25, 0.3) is 0 Å². The van der Waals surface area contributed by atoms with E-state index in [4.69, 9.17) is 10.5 Å². The normalized spacial score (nSPS) is 19.7. The second-order valence-electron chi connectivity index (χ2n) is 5.25. The molecule has 1 fully saturated rings. The van der Waals surface area contributed by atoms with Gasteiger partial charge in [-0.3, -0.25) is 4.90 Å². The lowest BCUT2D eigenvalue weighted by Crippen LogP contribution is -2.46. The minimum Gasteiger partial charge on any atom is -0.449 e. The lowest BCUT2D eigenvalue weighted by Gasteiger charge is -2.35. The van der Waals surface area contributed by atoms with Crippen LogP contribution in [0.5, 0.6) is 0 Å². The number of rotatable bonds is 4. The van der Waals surface area contributed by atoms with E-state index >= 15 is 0 Å². The van der Waals surface area contributed by atoms with Gasteiger partial charge < -0.3 is 10.5 Å². The first kappa shape index (κ1) is 13.9. The molecule has 4 heteroatoms. The zero-order valence-electron chi connectivity index (χ0n) is 11.6. The number of nitrogens with two attached hydrogens (primary N) is 1. The summed E-state index contributed by atoms with van der Waals surface area (Å²) in [6.07, 6.45) is 1.39. The topological polar surface area (TPSA) is 55.6 Å². The first-order chi connectivity index (χ1) is 9.13. The molecule has 19 heavy (non-hydrogen) atoms. The maximum absolute atomic E-state index is 12.0. The molecule has 0 saturated carbocycles. The molecule has 4 nitrogen and oxygen atoms in total. The van der Waals surface area contributed by atoms with Crippen molar-refractivity contribution < 1.29 is 9.53 Å². The summed E-state index contributed by atoms with van der Waals surface area (Å²) in [5.41, 5.74) is 7.79. The van der Waals surface area contributed by atoms with Crippen molar-refractivity contribution in [1.29, 1.82) is 0 Å². The standard InChI is InChI=1S/C15H22N2O2/c1-11(2)12-3-5-13(6-4-12)17-14(7-9-16)8-10-19-15(17)18/h3-6,11,14H,7-10,16H2,1-2H3. The summed E-state index contributed by atoms with van der Waals surface area (Å²) in [5, 5.41) is 0. The fraction of sp³-hybridized carbons (Fsp3) is 0.533. The molecule has 2 rings (SSSR count). The van der Waals surface area contributed by atoms with Gasteiger partial charge in [0, 0.05) is 18.2 Å². The Kier molecular flexibility index (Phi) is 4.43. The molecule has 1 saturated heterocycles. The van der Waals surface area contributed by atoms with Gasteiger partial charge in [-0.2, -0.15) is 0 Å². The van der Waals surface area contributed by atoms with E-state index in [1.807, 2.05) is 12.1 Å². The number of amides is 1. The third-order valence-electron chi connectivity index (χ3n) is 3.58. The van der Waals surface area contributed by atoms with Crippen LogP contribution in [0.4, 0.5) is 10.5 Å². The number of hydrogen-bond acceptors (Lipinski definition) is 3. The van der Waals surface area contributed by atoms with Crippen molar-refractivity contribution in [2.24, 2.45) is 5.73 Å². The molecule has 1 heterocycles. The highest BCUT2D eigenvalue weighted by molar-refractivity contribution is 5.89. The van der Waals surface area contributed by atoms with Crippen LogP contribution < -0.4 is 10.6 Å². The number of benzene rings is 1. The van der Waals surface area contributed by atoms with Crippen molar-refractivity contribution >= 4 is 11.8 Å². The number of anilines is 1. The van der Waals surface area contributed by atoms with Gasteiger partial charge in [-0.15, -0.1) is 0 Å². The van der Waals surface area contributed by atoms with Gasteiger partial charge in [-0.05, 0) is 36.6 Å². The molecule has 0 radical (unpaired) electrons. The number of cyclic esters (lactones) is 1. The van der Waals surface area contributed by atoms with E-state index < -0.39 is 0 Å². The van der Waals surface area contributed by atoms with Crippen LogP contribution in [0.25, 0.3) is 0 Å². The zero-order chi connectivity index (χ0) is 13.8. The summed E-state index contributed by atoms with van der Waals surface area (Å²) in [6, 6.07) is 8.27. The monoisotopic (exact) mass is 262 g/mol. The SMILES string of the molecule is CC(C)c1ccc(N2C(=O)OCCC2CCN)cc1. The number of carbonyl (C=O) groups excluding carboxylic acids is 1. The molecule has 1 aromatic rings. The Balaban J connectivity index is 2.22. The van der Waals surface area contributed by atoms with Gasteiger partial charge in [0.05, 0.1) is 6.61 Å². The van der Waals surface area contributed by atoms with Gasteiger partial charge in [-0.1, -0.05) is 26.0 Å². The van der Waals surface area contributed by atoms with Crippen molar-refractivity contribution in [2.75, 3.05) is 18.1 Å². The van der Waals surface area contributed by atoms with Crippen LogP contribution in [0.3, 0.4) is 0 Å². The number of ether oxygens (including phenoxy) is 1. The van der Waals surface area contributed by atoms with E-state index in [-0.39, 0.29) is 12.1 Å². The van der Waals surface area contributed by atoms with Crippen molar-refractivity contribution in [2.45, 2.75) is 38.6 Å². The molecule has 2 N–H and O–H groups in total. The molecule has 1 aliphatic heterocycles. The highest BCUT2D eigenvalue weighted by atomic mass is 16.6. The lowest BCUT2D eigenvalue weighted by molar-refractivity contribution is 0.128. The molecule has 0 aromatic heterocycles. The second kappa shape index (κ2) is 6.06. The van der Waals surface area contributed by atoms with E-state index in [0.29, 0.717) is 19.1 Å². The quantitative estimate of drug-likeness (QED) is 0.907. The van der Waals surface area contributed by atoms with Crippen molar-refractivity contribution in [3.63, 3.8) is 0 Å². The highest BCUT2D eigenvalue weighted by Gasteiger charge is 2.30. The maximum atomic E-state index is 12.0. The molecule has 0 spiro atoms. The summed E-state index contributed by atoms with van der Waals surface area (Å²) in [7, 11) is 0. The highest BCUT2D eigenvalue weighted by Crippen LogP contribution is 2.26. The molecule has 1 amide bonds. The van der Waals surface area contributed by atoms with Crippen LogP contribution in [0, 0.1) is 0 Å². The largest absolute Gasteiger partial charge is 0.449 e. The number of nitrogens with zero attached hydrogens (tertiary/aromatic N) is 1. The van der Waals surface area contributed by atoms with E-state index in [0.717, 1.165) is 18.5 Å². The fourth-order valence-corrected chi connectivity index (χ4v) is 2.43. The predicted octanol–water partition coefficient (Wildman–Crippen LogP) is 2.87. The fourth-order valence-electron chi connectivity index (χ4n) is 2.43. The van der Waals surface area contributed by atoms with Crippen LogP contribution in [0.2, 0.25) is 0 Å². The molecule has 1 atom stereocenters. The zero-order valence-corrected chi connectivity index (χ0v) is 11.6.